The van der Waals surface area contributed by atoms with E-state index in [0.29, 0.717) is 35.3 Å². The molecule has 1 aliphatic rings. The number of amides is 4. The predicted octanol–water partition coefficient (Wildman–Crippen LogP) is 2.81. The van der Waals surface area contributed by atoms with Crippen molar-refractivity contribution in [3.8, 4) is 0 Å². The van der Waals surface area contributed by atoms with E-state index in [-0.39, 0.29) is 18.2 Å². The van der Waals surface area contributed by atoms with Crippen molar-refractivity contribution < 1.29 is 18.8 Å². The van der Waals surface area contributed by atoms with Crippen LogP contribution in [0.3, 0.4) is 0 Å². The van der Waals surface area contributed by atoms with Crippen molar-refractivity contribution >= 4 is 34.5 Å². The Morgan fingerprint density at radius 3 is 2.74 bits per heavy atom. The summed E-state index contributed by atoms with van der Waals surface area (Å²) in [5, 5.41) is 5.86. The molecule has 2 aromatic carbocycles. The molecule has 4 rings (SSSR count). The van der Waals surface area contributed by atoms with Gasteiger partial charge in [-0.15, -0.1) is 0 Å². The quantitative estimate of drug-likeness (QED) is 0.746. The zero-order valence-corrected chi connectivity index (χ0v) is 14.4. The van der Waals surface area contributed by atoms with E-state index in [4.69, 9.17) is 4.42 Å². The van der Waals surface area contributed by atoms with Gasteiger partial charge in [0, 0.05) is 30.5 Å². The topological polar surface area (TPSA) is 91.7 Å². The van der Waals surface area contributed by atoms with Gasteiger partial charge in [0.2, 0.25) is 5.91 Å². The predicted molar refractivity (Wildman–Crippen MR) is 99.3 cm³/mol. The third kappa shape index (κ3) is 3.39. The van der Waals surface area contributed by atoms with Crippen molar-refractivity contribution in [2.75, 3.05) is 11.4 Å². The number of nitrogens with zero attached hydrogens (tertiary/aromatic N) is 1. The van der Waals surface area contributed by atoms with Gasteiger partial charge in [0.25, 0.3) is 5.91 Å². The molecule has 1 aliphatic heterocycles. The molecule has 0 radical (unpaired) electrons. The normalized spacial score (nSPS) is 14.3. The van der Waals surface area contributed by atoms with Gasteiger partial charge >= 0.3 is 6.03 Å². The average Bonchev–Trinajstić information content (AvgIpc) is 3.10. The van der Waals surface area contributed by atoms with Crippen LogP contribution in [-0.2, 0) is 11.3 Å². The molecule has 0 atom stereocenters. The van der Waals surface area contributed by atoms with Crippen LogP contribution >= 0.6 is 0 Å². The first-order chi connectivity index (χ1) is 13.1. The van der Waals surface area contributed by atoms with Crippen LogP contribution in [0.5, 0.6) is 0 Å². The van der Waals surface area contributed by atoms with Gasteiger partial charge in [-0.05, 0) is 23.8 Å². The third-order valence-electron chi connectivity index (χ3n) is 4.46. The van der Waals surface area contributed by atoms with Crippen molar-refractivity contribution in [2.24, 2.45) is 0 Å². The van der Waals surface area contributed by atoms with Crippen molar-refractivity contribution in [1.29, 1.82) is 0 Å². The highest BCUT2D eigenvalue weighted by Crippen LogP contribution is 2.30. The zero-order valence-electron chi connectivity index (χ0n) is 14.4. The molecule has 4 amide bonds. The Labute approximate surface area is 154 Å². The second-order valence-corrected chi connectivity index (χ2v) is 6.26. The van der Waals surface area contributed by atoms with E-state index in [1.807, 2.05) is 30.3 Å². The van der Waals surface area contributed by atoms with Gasteiger partial charge in [0.15, 0.2) is 0 Å². The van der Waals surface area contributed by atoms with E-state index < -0.39 is 6.03 Å². The van der Waals surface area contributed by atoms with Gasteiger partial charge in [-0.3, -0.25) is 19.8 Å². The Hall–Kier alpha value is -3.61. The van der Waals surface area contributed by atoms with Crippen LogP contribution < -0.4 is 15.5 Å². The van der Waals surface area contributed by atoms with Crippen LogP contribution in [-0.4, -0.2) is 24.4 Å². The van der Waals surface area contributed by atoms with Crippen LogP contribution in [0.15, 0.2) is 59.2 Å². The second-order valence-electron chi connectivity index (χ2n) is 6.26. The molecule has 136 valence electrons. The summed E-state index contributed by atoms with van der Waals surface area (Å²) in [7, 11) is 0. The number of hydrogen-bond acceptors (Lipinski definition) is 4. The largest absolute Gasteiger partial charge is 0.462 e. The molecule has 0 saturated carbocycles. The van der Waals surface area contributed by atoms with E-state index in [0.717, 1.165) is 5.56 Å². The van der Waals surface area contributed by atoms with Gasteiger partial charge in [-0.25, -0.2) is 4.79 Å². The molecule has 3 aromatic rings. The van der Waals surface area contributed by atoms with Crippen LogP contribution in [0, 0.1) is 0 Å². The Balaban J connectivity index is 1.52. The van der Waals surface area contributed by atoms with Gasteiger partial charge < -0.3 is 9.73 Å². The molecule has 0 bridgehead atoms. The van der Waals surface area contributed by atoms with Crippen molar-refractivity contribution in [2.45, 2.75) is 13.0 Å². The molecular weight excluding hydrogens is 346 g/mol. The van der Waals surface area contributed by atoms with Crippen molar-refractivity contribution in [3.63, 3.8) is 0 Å². The summed E-state index contributed by atoms with van der Waals surface area (Å²) < 4.78 is 5.54. The summed E-state index contributed by atoms with van der Waals surface area (Å²) in [6.07, 6.45) is 1.70. The summed E-state index contributed by atoms with van der Waals surface area (Å²) in [6.45, 7) is 0.724. The van der Waals surface area contributed by atoms with E-state index >= 15 is 0 Å². The average molecular weight is 363 g/mol. The van der Waals surface area contributed by atoms with Gasteiger partial charge in [-0.1, -0.05) is 30.3 Å². The van der Waals surface area contributed by atoms with Crippen LogP contribution in [0.4, 0.5) is 10.5 Å². The van der Waals surface area contributed by atoms with E-state index in [9.17, 15) is 14.4 Å². The summed E-state index contributed by atoms with van der Waals surface area (Å²) in [6, 6.07) is 14.2. The number of anilines is 1. The molecule has 2 N–H and O–H groups in total. The Morgan fingerprint density at radius 1 is 1.15 bits per heavy atom. The zero-order chi connectivity index (χ0) is 18.8. The summed E-state index contributed by atoms with van der Waals surface area (Å²) >= 11 is 0. The van der Waals surface area contributed by atoms with Crippen LogP contribution in [0.2, 0.25) is 0 Å². The SMILES string of the molecule is O=C1CCN(c2coc3cc(C(=O)NCc4ccccc4)ccc23)C(=O)N1. The molecule has 1 saturated heterocycles. The monoisotopic (exact) mass is 363 g/mol. The lowest BCUT2D eigenvalue weighted by Crippen LogP contribution is -2.49. The van der Waals surface area contributed by atoms with Crippen molar-refractivity contribution in [1.82, 2.24) is 10.6 Å². The van der Waals surface area contributed by atoms with Gasteiger partial charge in [0.1, 0.15) is 11.8 Å². The highest BCUT2D eigenvalue weighted by atomic mass is 16.3. The van der Waals surface area contributed by atoms with Gasteiger partial charge in [0.05, 0.1) is 5.69 Å². The fourth-order valence-electron chi connectivity index (χ4n) is 3.04. The van der Waals surface area contributed by atoms with Crippen LogP contribution in [0.1, 0.15) is 22.3 Å². The lowest BCUT2D eigenvalue weighted by atomic mass is 10.1. The molecule has 0 aliphatic carbocycles. The Bertz CT molecular complexity index is 1030. The summed E-state index contributed by atoms with van der Waals surface area (Å²) in [5.74, 6) is -0.499. The molecule has 27 heavy (non-hydrogen) atoms. The minimum Gasteiger partial charge on any atom is -0.462 e. The first-order valence-corrected chi connectivity index (χ1v) is 8.56. The lowest BCUT2D eigenvalue weighted by Gasteiger charge is -2.25. The van der Waals surface area contributed by atoms with E-state index in [2.05, 4.69) is 10.6 Å². The highest BCUT2D eigenvalue weighted by Gasteiger charge is 2.27. The molecule has 1 fully saturated rings. The van der Waals surface area contributed by atoms with E-state index in [1.165, 1.54) is 11.2 Å². The summed E-state index contributed by atoms with van der Waals surface area (Å²) in [4.78, 5) is 37.2. The van der Waals surface area contributed by atoms with E-state index in [1.54, 1.807) is 18.2 Å². The number of furan rings is 1. The minimum absolute atomic E-state index is 0.208. The smallest absolute Gasteiger partial charge is 0.328 e. The fourth-order valence-corrected chi connectivity index (χ4v) is 3.04. The van der Waals surface area contributed by atoms with Crippen LogP contribution in [0.25, 0.3) is 11.0 Å². The number of benzene rings is 2. The fraction of sp³-hybridized carbons (Fsp3) is 0.150. The maximum absolute atomic E-state index is 12.4. The molecule has 7 heteroatoms. The number of carbonyl (C=O) groups excluding carboxylic acids is 3. The second kappa shape index (κ2) is 6.95. The molecule has 7 nitrogen and oxygen atoms in total. The highest BCUT2D eigenvalue weighted by molar-refractivity contribution is 6.10. The van der Waals surface area contributed by atoms with Crippen molar-refractivity contribution in [3.05, 3.63) is 65.9 Å². The maximum Gasteiger partial charge on any atom is 0.328 e. The molecular formula is C20H17N3O4. The first kappa shape index (κ1) is 16.8. The molecule has 0 unspecified atom stereocenters. The van der Waals surface area contributed by atoms with Gasteiger partial charge in [-0.2, -0.15) is 0 Å². The number of hydrogen-bond donors (Lipinski definition) is 2. The molecule has 1 aromatic heterocycles. The maximum atomic E-state index is 12.4. The Kier molecular flexibility index (Phi) is 4.33. The molecule has 2 heterocycles. The third-order valence-corrected chi connectivity index (χ3v) is 4.46. The lowest BCUT2D eigenvalue weighted by molar-refractivity contribution is -0.120. The standard InChI is InChI=1S/C20H17N3O4/c24-18-8-9-23(20(26)22-18)16-12-27-17-10-14(6-7-15(16)17)19(25)21-11-13-4-2-1-3-5-13/h1-7,10,12H,8-9,11H2,(H,21,25)(H,22,24,26). The first-order valence-electron chi connectivity index (χ1n) is 8.56. The Morgan fingerprint density at radius 2 is 1.96 bits per heavy atom. The molecule has 0 spiro atoms. The number of nitrogens with one attached hydrogen (secondary N) is 2. The summed E-state index contributed by atoms with van der Waals surface area (Å²) in [5.41, 5.74) is 2.56. The number of urea groups is 1. The number of carbonyl (C=O) groups is 3. The minimum atomic E-state index is -0.473. The number of rotatable bonds is 4. The number of fused-ring (bicyclic) bond motifs is 1. The number of imide groups is 1.